The van der Waals surface area contributed by atoms with Gasteiger partial charge in [-0.25, -0.2) is 19.1 Å². The maximum absolute atomic E-state index is 13.3. The van der Waals surface area contributed by atoms with Gasteiger partial charge in [-0.3, -0.25) is 0 Å². The van der Waals surface area contributed by atoms with Gasteiger partial charge in [0, 0.05) is 17.7 Å². The molecule has 3 nitrogen and oxygen atoms in total. The van der Waals surface area contributed by atoms with Gasteiger partial charge in [0.25, 0.3) is 0 Å². The maximum Gasteiger partial charge on any atom is 0.355 e. The Bertz CT molecular complexity index is 627. The summed E-state index contributed by atoms with van der Waals surface area (Å²) in [6, 6.07) is 11.9. The van der Waals surface area contributed by atoms with E-state index in [0.29, 0.717) is 5.69 Å². The topological polar surface area (TPSA) is 38.3 Å². The van der Waals surface area contributed by atoms with Crippen LogP contribution in [0.15, 0.2) is 54.6 Å². The number of hydrogen-bond acceptors (Lipinski definition) is 3. The second kappa shape index (κ2) is 6.47. The molecule has 0 unspecified atom stereocenters. The third kappa shape index (κ3) is 3.91. The predicted molar refractivity (Wildman–Crippen MR) is 71.5 cm³/mol. The van der Waals surface area contributed by atoms with Gasteiger partial charge in [-0.05, 0) is 30.3 Å². The number of nitrogens with one attached hydrogen (secondary N) is 1. The van der Waals surface area contributed by atoms with Gasteiger partial charge in [0.2, 0.25) is 0 Å². The third-order valence-corrected chi connectivity index (χ3v) is 2.40. The molecule has 0 atom stereocenters. The third-order valence-electron chi connectivity index (χ3n) is 2.40. The molecule has 0 fully saturated rings. The second-order valence-corrected chi connectivity index (χ2v) is 3.89. The van der Waals surface area contributed by atoms with Crippen LogP contribution in [0, 0.1) is 11.6 Å². The van der Waals surface area contributed by atoms with Crippen molar-refractivity contribution in [2.75, 3.05) is 5.48 Å². The molecule has 0 aliphatic carbocycles. The highest BCUT2D eigenvalue weighted by Crippen LogP contribution is 2.11. The number of halogens is 2. The number of hydrogen-bond donors (Lipinski definition) is 1. The summed E-state index contributed by atoms with van der Waals surface area (Å²) in [5, 5.41) is 0. The molecular weight excluding hydrogens is 264 g/mol. The van der Waals surface area contributed by atoms with Crippen molar-refractivity contribution >= 4 is 17.7 Å². The molecule has 0 spiro atoms. The van der Waals surface area contributed by atoms with E-state index in [4.69, 9.17) is 4.84 Å². The molecule has 5 heteroatoms. The molecule has 0 radical (unpaired) electrons. The number of benzene rings is 2. The number of carbonyl (C=O) groups excluding carboxylic acids is 1. The molecule has 2 rings (SSSR count). The standard InChI is InChI=1S/C15H11F2NO2/c16-12-8-6-11(14(17)10-12)7-9-15(19)20-18-13-4-2-1-3-5-13/h1-10,18H. The molecule has 0 bridgehead atoms. The molecule has 0 saturated heterocycles. The van der Waals surface area contributed by atoms with E-state index < -0.39 is 17.6 Å². The SMILES string of the molecule is O=C(C=Cc1ccc(F)cc1F)ONc1ccccc1. The van der Waals surface area contributed by atoms with Crippen LogP contribution in [-0.2, 0) is 9.63 Å². The summed E-state index contributed by atoms with van der Waals surface area (Å²) < 4.78 is 26.0. The zero-order valence-corrected chi connectivity index (χ0v) is 10.3. The minimum atomic E-state index is -0.745. The zero-order valence-electron chi connectivity index (χ0n) is 10.3. The van der Waals surface area contributed by atoms with E-state index in [1.807, 2.05) is 6.07 Å². The molecule has 0 amide bonds. The number of para-hydroxylation sites is 1. The predicted octanol–water partition coefficient (Wildman–Crippen LogP) is 3.55. The van der Waals surface area contributed by atoms with Crippen molar-refractivity contribution in [1.82, 2.24) is 0 Å². The van der Waals surface area contributed by atoms with Gasteiger partial charge in [0.1, 0.15) is 11.6 Å². The molecule has 0 aliphatic rings. The van der Waals surface area contributed by atoms with Crippen LogP contribution in [0.2, 0.25) is 0 Å². The molecule has 2 aromatic rings. The van der Waals surface area contributed by atoms with E-state index in [-0.39, 0.29) is 5.56 Å². The Morgan fingerprint density at radius 1 is 1.10 bits per heavy atom. The van der Waals surface area contributed by atoms with Gasteiger partial charge in [-0.1, -0.05) is 18.2 Å². The first-order chi connectivity index (χ1) is 9.65. The van der Waals surface area contributed by atoms with Gasteiger partial charge in [-0.2, -0.15) is 0 Å². The highest BCUT2D eigenvalue weighted by atomic mass is 19.1. The Balaban J connectivity index is 1.92. The minimum absolute atomic E-state index is 0.100. The largest absolute Gasteiger partial charge is 0.355 e. The summed E-state index contributed by atoms with van der Waals surface area (Å²) in [4.78, 5) is 16.1. The fourth-order valence-corrected chi connectivity index (χ4v) is 1.44. The number of anilines is 1. The maximum atomic E-state index is 13.3. The summed E-state index contributed by atoms with van der Waals surface area (Å²) in [5.41, 5.74) is 3.16. The fourth-order valence-electron chi connectivity index (χ4n) is 1.44. The lowest BCUT2D eigenvalue weighted by molar-refractivity contribution is -0.134. The Kier molecular flexibility index (Phi) is 4.44. The molecule has 0 aliphatic heterocycles. The van der Waals surface area contributed by atoms with Gasteiger partial charge in [0.05, 0.1) is 5.69 Å². The van der Waals surface area contributed by atoms with Crippen LogP contribution < -0.4 is 5.48 Å². The van der Waals surface area contributed by atoms with Crippen molar-refractivity contribution in [2.24, 2.45) is 0 Å². The minimum Gasteiger partial charge on any atom is -0.339 e. The van der Waals surface area contributed by atoms with Crippen molar-refractivity contribution in [3.8, 4) is 0 Å². The molecule has 1 N–H and O–H groups in total. The molecule has 0 heterocycles. The van der Waals surface area contributed by atoms with Crippen LogP contribution in [0.4, 0.5) is 14.5 Å². The molecule has 102 valence electrons. The fraction of sp³-hybridized carbons (Fsp3) is 0. The molecule has 2 aromatic carbocycles. The lowest BCUT2D eigenvalue weighted by Crippen LogP contribution is -2.07. The first-order valence-electron chi connectivity index (χ1n) is 5.80. The first-order valence-corrected chi connectivity index (χ1v) is 5.80. The average Bonchev–Trinajstić information content (AvgIpc) is 2.45. The molecule has 20 heavy (non-hydrogen) atoms. The Morgan fingerprint density at radius 2 is 1.85 bits per heavy atom. The quantitative estimate of drug-likeness (QED) is 0.685. The Morgan fingerprint density at radius 3 is 2.55 bits per heavy atom. The summed E-state index contributed by atoms with van der Waals surface area (Å²) >= 11 is 0. The van der Waals surface area contributed by atoms with Gasteiger partial charge in [-0.15, -0.1) is 0 Å². The van der Waals surface area contributed by atoms with Crippen LogP contribution in [0.25, 0.3) is 6.08 Å². The monoisotopic (exact) mass is 275 g/mol. The molecule has 0 saturated carbocycles. The van der Waals surface area contributed by atoms with Crippen molar-refractivity contribution < 1.29 is 18.4 Å². The van der Waals surface area contributed by atoms with Gasteiger partial charge < -0.3 is 4.84 Å². The molecular formula is C15H11F2NO2. The number of rotatable bonds is 4. The lowest BCUT2D eigenvalue weighted by atomic mass is 10.2. The highest BCUT2D eigenvalue weighted by Gasteiger charge is 2.02. The summed E-state index contributed by atoms with van der Waals surface area (Å²) in [6.45, 7) is 0. The Hall–Kier alpha value is -2.69. The first kappa shape index (κ1) is 13.7. The van der Waals surface area contributed by atoms with E-state index in [1.54, 1.807) is 24.3 Å². The second-order valence-electron chi connectivity index (χ2n) is 3.89. The summed E-state index contributed by atoms with van der Waals surface area (Å²) in [5.74, 6) is -2.12. The zero-order chi connectivity index (χ0) is 14.4. The van der Waals surface area contributed by atoms with Gasteiger partial charge >= 0.3 is 5.97 Å². The van der Waals surface area contributed by atoms with E-state index in [0.717, 1.165) is 18.2 Å². The van der Waals surface area contributed by atoms with E-state index >= 15 is 0 Å². The van der Waals surface area contributed by atoms with E-state index in [9.17, 15) is 13.6 Å². The molecule has 0 aromatic heterocycles. The van der Waals surface area contributed by atoms with Crippen molar-refractivity contribution in [3.05, 3.63) is 71.8 Å². The Labute approximate surface area is 114 Å². The van der Waals surface area contributed by atoms with Crippen molar-refractivity contribution in [1.29, 1.82) is 0 Å². The smallest absolute Gasteiger partial charge is 0.339 e. The van der Waals surface area contributed by atoms with Crippen LogP contribution in [0.5, 0.6) is 0 Å². The normalized spacial score (nSPS) is 10.5. The van der Waals surface area contributed by atoms with Gasteiger partial charge in [0.15, 0.2) is 0 Å². The van der Waals surface area contributed by atoms with Crippen LogP contribution in [0.1, 0.15) is 5.56 Å². The van der Waals surface area contributed by atoms with Crippen molar-refractivity contribution in [2.45, 2.75) is 0 Å². The average molecular weight is 275 g/mol. The summed E-state index contributed by atoms with van der Waals surface area (Å²) in [6.07, 6.45) is 2.26. The van der Waals surface area contributed by atoms with Crippen LogP contribution in [-0.4, -0.2) is 5.97 Å². The van der Waals surface area contributed by atoms with Crippen molar-refractivity contribution in [3.63, 3.8) is 0 Å². The number of carbonyl (C=O) groups is 1. The van der Waals surface area contributed by atoms with E-state index in [2.05, 4.69) is 5.48 Å². The van der Waals surface area contributed by atoms with Crippen LogP contribution >= 0.6 is 0 Å². The van der Waals surface area contributed by atoms with Crippen LogP contribution in [0.3, 0.4) is 0 Å². The van der Waals surface area contributed by atoms with E-state index in [1.165, 1.54) is 12.1 Å². The lowest BCUT2D eigenvalue weighted by Gasteiger charge is -2.03. The highest BCUT2D eigenvalue weighted by molar-refractivity contribution is 5.87. The summed E-state index contributed by atoms with van der Waals surface area (Å²) in [7, 11) is 0.